The van der Waals surface area contributed by atoms with E-state index in [9.17, 15) is 20.1 Å². The molecular formula is C19H19O8-. The second kappa shape index (κ2) is 8.22. The second-order valence-electron chi connectivity index (χ2n) is 5.31. The van der Waals surface area contributed by atoms with Crippen molar-refractivity contribution in [1.82, 2.24) is 0 Å². The number of aliphatic carboxylic acids is 1. The van der Waals surface area contributed by atoms with Crippen molar-refractivity contribution in [2.45, 2.75) is 0 Å². The van der Waals surface area contributed by atoms with Crippen molar-refractivity contribution >= 4 is 17.6 Å². The van der Waals surface area contributed by atoms with Gasteiger partial charge in [0.25, 0.3) is 0 Å². The molecule has 0 aromatic heterocycles. The highest BCUT2D eigenvalue weighted by Crippen LogP contribution is 2.41. The van der Waals surface area contributed by atoms with Crippen LogP contribution in [0.5, 0.6) is 34.5 Å². The van der Waals surface area contributed by atoms with Crippen LogP contribution in [0.2, 0.25) is 0 Å². The lowest BCUT2D eigenvalue weighted by Crippen LogP contribution is -2.03. The summed E-state index contributed by atoms with van der Waals surface area (Å²) in [5.41, 5.74) is 0.0158. The van der Waals surface area contributed by atoms with Crippen molar-refractivity contribution in [2.75, 3.05) is 28.4 Å². The second-order valence-corrected chi connectivity index (χ2v) is 5.31. The average Bonchev–Trinajstić information content (AvgIpc) is 2.67. The molecule has 0 saturated heterocycles. The number of phenols is 1. The van der Waals surface area contributed by atoms with Crippen LogP contribution in [-0.4, -0.2) is 44.6 Å². The van der Waals surface area contributed by atoms with Crippen LogP contribution >= 0.6 is 0 Å². The molecule has 27 heavy (non-hydrogen) atoms. The van der Waals surface area contributed by atoms with Crippen molar-refractivity contribution < 1.29 is 39.1 Å². The van der Waals surface area contributed by atoms with E-state index in [-0.39, 0.29) is 33.9 Å². The third-order valence-corrected chi connectivity index (χ3v) is 3.85. The first-order valence-electron chi connectivity index (χ1n) is 7.70. The first kappa shape index (κ1) is 19.8. The highest BCUT2D eigenvalue weighted by molar-refractivity contribution is 6.21. The summed E-state index contributed by atoms with van der Waals surface area (Å²) in [7, 11) is 5.55. The number of rotatable bonds is 7. The normalized spacial score (nSPS) is 11.0. The number of hydrogen-bond acceptors (Lipinski definition) is 7. The predicted octanol–water partition coefficient (Wildman–Crippen LogP) is 2.13. The highest BCUT2D eigenvalue weighted by Gasteiger charge is 2.19. The maximum Gasteiger partial charge on any atom is 0.336 e. The summed E-state index contributed by atoms with van der Waals surface area (Å²) in [6.07, 6.45) is 1.16. The quantitative estimate of drug-likeness (QED) is 0.558. The molecule has 2 aromatic carbocycles. The van der Waals surface area contributed by atoms with E-state index in [0.717, 1.165) is 6.08 Å². The maximum absolute atomic E-state index is 12.2. The summed E-state index contributed by atoms with van der Waals surface area (Å²) in [5.74, 6) is -1.79. The molecule has 144 valence electrons. The largest absolute Gasteiger partial charge is 0.869 e. The Kier molecular flexibility index (Phi) is 6.02. The molecule has 0 aliphatic heterocycles. The standard InChI is InChI=1S/C19H20O8/c1-24-13-6-5-10(16(20)17(13)21)7-12(19(22)23)11-8-14(25-2)18(27-4)15(9-11)26-3/h5-9,20-21H,1-4H3,(H,22,23)/p-1/b12-7+. The Morgan fingerprint density at radius 3 is 1.96 bits per heavy atom. The first-order chi connectivity index (χ1) is 12.9. The minimum atomic E-state index is -1.28. The molecule has 0 atom stereocenters. The number of carboxylic acid groups (broad SMARTS) is 1. The van der Waals surface area contributed by atoms with Gasteiger partial charge in [0.05, 0.1) is 34.0 Å². The number of ether oxygens (including phenoxy) is 4. The molecule has 2 N–H and O–H groups in total. The Bertz CT molecular complexity index is 861. The van der Waals surface area contributed by atoms with Crippen LogP contribution in [0.1, 0.15) is 11.1 Å². The fraction of sp³-hybridized carbons (Fsp3) is 0.211. The summed E-state index contributed by atoms with van der Waals surface area (Å²) in [5, 5.41) is 31.7. The Balaban J connectivity index is 2.67. The van der Waals surface area contributed by atoms with E-state index >= 15 is 0 Å². The van der Waals surface area contributed by atoms with Gasteiger partial charge in [0, 0.05) is 0 Å². The molecular weight excluding hydrogens is 356 g/mol. The van der Waals surface area contributed by atoms with E-state index in [1.165, 1.54) is 52.7 Å². The molecule has 0 heterocycles. The van der Waals surface area contributed by atoms with Gasteiger partial charge >= 0.3 is 5.97 Å². The van der Waals surface area contributed by atoms with Crippen LogP contribution in [0.3, 0.4) is 0 Å². The van der Waals surface area contributed by atoms with Crippen molar-refractivity contribution in [3.8, 4) is 34.5 Å². The third-order valence-electron chi connectivity index (χ3n) is 3.85. The molecule has 0 bridgehead atoms. The molecule has 2 aromatic rings. The highest BCUT2D eigenvalue weighted by atomic mass is 16.5. The summed E-state index contributed by atoms with van der Waals surface area (Å²) in [6, 6.07) is 5.64. The van der Waals surface area contributed by atoms with E-state index in [1.807, 2.05) is 0 Å². The number of methoxy groups -OCH3 is 4. The lowest BCUT2D eigenvalue weighted by Gasteiger charge is -2.17. The Morgan fingerprint density at radius 2 is 1.52 bits per heavy atom. The Hall–Kier alpha value is -3.55. The molecule has 0 radical (unpaired) electrons. The molecule has 0 aliphatic rings. The van der Waals surface area contributed by atoms with Gasteiger partial charge in [-0.05, 0) is 35.4 Å². The number of aromatic hydroxyl groups is 1. The van der Waals surface area contributed by atoms with E-state index in [4.69, 9.17) is 18.9 Å². The maximum atomic E-state index is 12.2. The number of phenolic OH excluding ortho intramolecular Hbond substituents is 1. The molecule has 0 spiro atoms. The molecule has 8 heteroatoms. The minimum Gasteiger partial charge on any atom is -0.869 e. The number of carboxylic acids is 1. The SMILES string of the molecule is COc1ccc(/C=C(/C(=O)O)c2cc(OC)c(OC)c(OC)c2)c([O-])c1O. The topological polar surface area (TPSA) is 118 Å². The van der Waals surface area contributed by atoms with Gasteiger partial charge < -0.3 is 34.3 Å². The molecule has 0 fully saturated rings. The third kappa shape index (κ3) is 3.84. The molecule has 0 unspecified atom stereocenters. The van der Waals surface area contributed by atoms with Crippen LogP contribution in [-0.2, 0) is 4.79 Å². The molecule has 0 amide bonds. The van der Waals surface area contributed by atoms with Crippen molar-refractivity contribution in [3.63, 3.8) is 0 Å². The zero-order chi connectivity index (χ0) is 20.1. The van der Waals surface area contributed by atoms with E-state index in [0.29, 0.717) is 5.75 Å². The number of benzene rings is 2. The van der Waals surface area contributed by atoms with E-state index in [1.54, 1.807) is 0 Å². The fourth-order valence-corrected chi connectivity index (χ4v) is 2.51. The lowest BCUT2D eigenvalue weighted by molar-refractivity contribution is -0.270. The van der Waals surface area contributed by atoms with Crippen molar-refractivity contribution in [3.05, 3.63) is 35.4 Å². The van der Waals surface area contributed by atoms with Gasteiger partial charge in [-0.2, -0.15) is 0 Å². The summed E-state index contributed by atoms with van der Waals surface area (Å²) in [4.78, 5) is 11.8. The van der Waals surface area contributed by atoms with Gasteiger partial charge in [0.1, 0.15) is 5.75 Å². The fourth-order valence-electron chi connectivity index (χ4n) is 2.51. The van der Waals surface area contributed by atoms with E-state index < -0.39 is 17.5 Å². The molecule has 2 rings (SSSR count). The van der Waals surface area contributed by atoms with Crippen molar-refractivity contribution in [2.24, 2.45) is 0 Å². The van der Waals surface area contributed by atoms with Gasteiger partial charge in [0.2, 0.25) is 5.75 Å². The zero-order valence-corrected chi connectivity index (χ0v) is 15.2. The summed E-state index contributed by atoms with van der Waals surface area (Å²) in [6.45, 7) is 0. The number of carbonyl (C=O) groups is 1. The van der Waals surface area contributed by atoms with Crippen molar-refractivity contribution in [1.29, 1.82) is 0 Å². The summed E-state index contributed by atoms with van der Waals surface area (Å²) < 4.78 is 20.5. The van der Waals surface area contributed by atoms with Gasteiger partial charge in [-0.15, -0.1) is 0 Å². The van der Waals surface area contributed by atoms with Crippen LogP contribution in [0, 0.1) is 0 Å². The molecule has 0 saturated carbocycles. The first-order valence-corrected chi connectivity index (χ1v) is 7.70. The zero-order valence-electron chi connectivity index (χ0n) is 15.2. The molecule has 8 nitrogen and oxygen atoms in total. The van der Waals surface area contributed by atoms with Gasteiger partial charge in [-0.3, -0.25) is 0 Å². The molecule has 0 aliphatic carbocycles. The average molecular weight is 375 g/mol. The Labute approximate surface area is 155 Å². The van der Waals surface area contributed by atoms with Crippen LogP contribution in [0.15, 0.2) is 24.3 Å². The van der Waals surface area contributed by atoms with Gasteiger partial charge in [-0.25, -0.2) is 4.79 Å². The summed E-state index contributed by atoms with van der Waals surface area (Å²) >= 11 is 0. The Morgan fingerprint density at radius 1 is 0.963 bits per heavy atom. The smallest absolute Gasteiger partial charge is 0.336 e. The lowest BCUT2D eigenvalue weighted by atomic mass is 10.0. The monoisotopic (exact) mass is 375 g/mol. The minimum absolute atomic E-state index is 0.00168. The van der Waals surface area contributed by atoms with Crippen LogP contribution in [0.4, 0.5) is 0 Å². The van der Waals surface area contributed by atoms with E-state index in [2.05, 4.69) is 0 Å². The number of hydrogen-bond donors (Lipinski definition) is 2. The van der Waals surface area contributed by atoms with Crippen LogP contribution in [0.25, 0.3) is 11.6 Å². The van der Waals surface area contributed by atoms with Gasteiger partial charge in [-0.1, -0.05) is 11.8 Å². The predicted molar refractivity (Wildman–Crippen MR) is 95.7 cm³/mol. The van der Waals surface area contributed by atoms with Gasteiger partial charge in [0.15, 0.2) is 17.2 Å². The van der Waals surface area contributed by atoms with Crippen LogP contribution < -0.4 is 24.1 Å².